The molecule has 0 aliphatic heterocycles. The fourth-order valence-electron chi connectivity index (χ4n) is 0.485. The Balaban J connectivity index is 4.04. The Hall–Kier alpha value is -0.630. The second-order valence-electron chi connectivity index (χ2n) is 2.31. The molecule has 0 atom stereocenters. The summed E-state index contributed by atoms with van der Waals surface area (Å²) in [5.74, 6) is 0. The van der Waals surface area contributed by atoms with Gasteiger partial charge in [-0.1, -0.05) is 0 Å². The van der Waals surface area contributed by atoms with Gasteiger partial charge in [0.2, 0.25) is 0 Å². The van der Waals surface area contributed by atoms with E-state index >= 15 is 0 Å². The summed E-state index contributed by atoms with van der Waals surface area (Å²) in [5, 5.41) is 34.1. The van der Waals surface area contributed by atoms with Crippen LogP contribution in [0.15, 0.2) is 0 Å². The summed E-state index contributed by atoms with van der Waals surface area (Å²) in [6.45, 7) is -1.10. The van der Waals surface area contributed by atoms with E-state index in [1.807, 2.05) is 0 Å². The first-order valence-electron chi connectivity index (χ1n) is 2.94. The van der Waals surface area contributed by atoms with E-state index in [1.165, 1.54) is 0 Å². The minimum Gasteiger partial charge on any atom is -0.396 e. The number of hydrogen-bond donors (Lipinski definition) is 3. The van der Waals surface area contributed by atoms with Crippen LogP contribution in [0, 0.1) is 16.7 Å². The highest BCUT2D eigenvalue weighted by Crippen LogP contribution is 2.18. The van der Waals surface area contributed by atoms with Crippen molar-refractivity contribution in [2.24, 2.45) is 5.41 Å². The van der Waals surface area contributed by atoms with E-state index in [1.54, 1.807) is 6.07 Å². The van der Waals surface area contributed by atoms with Crippen LogP contribution in [0.2, 0.25) is 0 Å². The standard InChI is InChI=1S/C6H11NO3/c7-2-1-6(3-8,4-9)5-10/h8-10H,1,3-5H2. The molecule has 0 saturated carbocycles. The van der Waals surface area contributed by atoms with E-state index in [-0.39, 0.29) is 26.2 Å². The molecule has 0 rings (SSSR count). The van der Waals surface area contributed by atoms with Crippen molar-refractivity contribution in [2.75, 3.05) is 19.8 Å². The van der Waals surface area contributed by atoms with E-state index in [4.69, 9.17) is 20.6 Å². The third-order valence-corrected chi connectivity index (χ3v) is 1.46. The topological polar surface area (TPSA) is 84.5 Å². The molecule has 0 radical (unpaired) electrons. The molecule has 0 aromatic rings. The van der Waals surface area contributed by atoms with E-state index < -0.39 is 5.41 Å². The average Bonchev–Trinajstić information content (AvgIpc) is 2.01. The first-order valence-corrected chi connectivity index (χ1v) is 2.94. The second kappa shape index (κ2) is 4.23. The number of rotatable bonds is 4. The van der Waals surface area contributed by atoms with Crippen molar-refractivity contribution in [3.63, 3.8) is 0 Å². The lowest BCUT2D eigenvalue weighted by Crippen LogP contribution is -2.33. The van der Waals surface area contributed by atoms with Crippen LogP contribution in [0.1, 0.15) is 6.42 Å². The van der Waals surface area contributed by atoms with Crippen molar-refractivity contribution < 1.29 is 15.3 Å². The van der Waals surface area contributed by atoms with Gasteiger partial charge in [0.25, 0.3) is 0 Å². The van der Waals surface area contributed by atoms with Crippen LogP contribution in [0.5, 0.6) is 0 Å². The largest absolute Gasteiger partial charge is 0.396 e. The first-order chi connectivity index (χ1) is 4.74. The number of nitrogens with zero attached hydrogens (tertiary/aromatic N) is 1. The minimum absolute atomic E-state index is 0.0312. The van der Waals surface area contributed by atoms with Gasteiger partial charge in [0, 0.05) is 6.42 Å². The van der Waals surface area contributed by atoms with Crippen LogP contribution in [0.4, 0.5) is 0 Å². The van der Waals surface area contributed by atoms with Crippen LogP contribution >= 0.6 is 0 Å². The summed E-state index contributed by atoms with van der Waals surface area (Å²) in [5.41, 5.74) is -1.02. The lowest BCUT2D eigenvalue weighted by molar-refractivity contribution is 0.00921. The predicted molar refractivity (Wildman–Crippen MR) is 33.9 cm³/mol. The van der Waals surface area contributed by atoms with E-state index in [2.05, 4.69) is 0 Å². The predicted octanol–water partition coefficient (Wildman–Crippen LogP) is -1.14. The molecule has 0 aliphatic rings. The third-order valence-electron chi connectivity index (χ3n) is 1.46. The monoisotopic (exact) mass is 145 g/mol. The Morgan fingerprint density at radius 1 is 1.10 bits per heavy atom. The summed E-state index contributed by atoms with van der Waals surface area (Å²) in [6.07, 6.45) is -0.0312. The van der Waals surface area contributed by atoms with Crippen molar-refractivity contribution in [2.45, 2.75) is 6.42 Å². The summed E-state index contributed by atoms with van der Waals surface area (Å²) in [7, 11) is 0. The molecular formula is C6H11NO3. The van der Waals surface area contributed by atoms with Gasteiger partial charge in [-0.3, -0.25) is 0 Å². The zero-order chi connectivity index (χ0) is 8.04. The van der Waals surface area contributed by atoms with E-state index in [9.17, 15) is 0 Å². The van der Waals surface area contributed by atoms with Crippen LogP contribution in [0.3, 0.4) is 0 Å². The van der Waals surface area contributed by atoms with Gasteiger partial charge in [0.15, 0.2) is 0 Å². The van der Waals surface area contributed by atoms with Crippen LogP contribution in [-0.4, -0.2) is 35.1 Å². The van der Waals surface area contributed by atoms with Crippen molar-refractivity contribution in [3.8, 4) is 6.07 Å². The Morgan fingerprint density at radius 2 is 1.50 bits per heavy atom. The van der Waals surface area contributed by atoms with Gasteiger partial charge >= 0.3 is 0 Å². The zero-order valence-electron chi connectivity index (χ0n) is 5.62. The van der Waals surface area contributed by atoms with Crippen molar-refractivity contribution in [1.29, 1.82) is 5.26 Å². The lowest BCUT2D eigenvalue weighted by Gasteiger charge is -2.23. The normalized spacial score (nSPS) is 11.0. The van der Waals surface area contributed by atoms with Crippen LogP contribution < -0.4 is 0 Å². The van der Waals surface area contributed by atoms with Crippen LogP contribution in [0.25, 0.3) is 0 Å². The summed E-state index contributed by atoms with van der Waals surface area (Å²) < 4.78 is 0. The summed E-state index contributed by atoms with van der Waals surface area (Å²) in [4.78, 5) is 0. The highest BCUT2D eigenvalue weighted by atomic mass is 16.3. The van der Waals surface area contributed by atoms with E-state index in [0.717, 1.165) is 0 Å². The molecule has 0 bridgehead atoms. The Morgan fingerprint density at radius 3 is 1.60 bits per heavy atom. The fraction of sp³-hybridized carbons (Fsp3) is 0.833. The van der Waals surface area contributed by atoms with Gasteiger partial charge in [0.05, 0.1) is 31.3 Å². The van der Waals surface area contributed by atoms with Gasteiger partial charge in [-0.15, -0.1) is 0 Å². The molecule has 0 heterocycles. The molecule has 0 fully saturated rings. The molecule has 0 saturated heterocycles. The maximum absolute atomic E-state index is 8.64. The minimum atomic E-state index is -1.02. The molecule has 58 valence electrons. The molecule has 0 aromatic heterocycles. The SMILES string of the molecule is N#CCC(CO)(CO)CO. The molecule has 0 spiro atoms. The molecule has 3 N–H and O–H groups in total. The third kappa shape index (κ3) is 1.95. The number of hydrogen-bond acceptors (Lipinski definition) is 4. The maximum Gasteiger partial charge on any atom is 0.0630 e. The van der Waals surface area contributed by atoms with Gasteiger partial charge in [-0.25, -0.2) is 0 Å². The molecule has 4 heteroatoms. The second-order valence-corrected chi connectivity index (χ2v) is 2.31. The number of nitriles is 1. The van der Waals surface area contributed by atoms with Gasteiger partial charge < -0.3 is 15.3 Å². The Kier molecular flexibility index (Phi) is 3.96. The Labute approximate surface area is 59.3 Å². The van der Waals surface area contributed by atoms with Gasteiger partial charge in [-0.05, 0) is 0 Å². The molecule has 0 aromatic carbocycles. The number of aliphatic hydroxyl groups is 3. The Bertz CT molecular complexity index is 117. The smallest absolute Gasteiger partial charge is 0.0630 e. The van der Waals surface area contributed by atoms with Crippen molar-refractivity contribution in [1.82, 2.24) is 0 Å². The quantitative estimate of drug-likeness (QED) is 0.467. The lowest BCUT2D eigenvalue weighted by atomic mass is 9.88. The van der Waals surface area contributed by atoms with E-state index in [0.29, 0.717) is 0 Å². The summed E-state index contributed by atoms with van der Waals surface area (Å²) >= 11 is 0. The van der Waals surface area contributed by atoms with Crippen molar-refractivity contribution in [3.05, 3.63) is 0 Å². The summed E-state index contributed by atoms with van der Waals surface area (Å²) in [6, 6.07) is 1.78. The molecule has 10 heavy (non-hydrogen) atoms. The van der Waals surface area contributed by atoms with Gasteiger partial charge in [0.1, 0.15) is 0 Å². The fourth-order valence-corrected chi connectivity index (χ4v) is 0.485. The first kappa shape index (κ1) is 9.37. The molecular weight excluding hydrogens is 134 g/mol. The number of aliphatic hydroxyl groups excluding tert-OH is 3. The zero-order valence-corrected chi connectivity index (χ0v) is 5.62. The van der Waals surface area contributed by atoms with Gasteiger partial charge in [-0.2, -0.15) is 5.26 Å². The highest BCUT2D eigenvalue weighted by Gasteiger charge is 2.27. The molecule has 4 nitrogen and oxygen atoms in total. The van der Waals surface area contributed by atoms with Crippen LogP contribution in [-0.2, 0) is 0 Å². The van der Waals surface area contributed by atoms with Crippen molar-refractivity contribution >= 4 is 0 Å². The maximum atomic E-state index is 8.64. The molecule has 0 unspecified atom stereocenters. The molecule has 0 amide bonds. The average molecular weight is 145 g/mol. The molecule has 0 aliphatic carbocycles. The highest BCUT2D eigenvalue weighted by molar-refractivity contribution is 4.87.